The normalized spacial score (nSPS) is 29.0. The van der Waals surface area contributed by atoms with E-state index in [4.69, 9.17) is 0 Å². The Labute approximate surface area is 84.7 Å². The molecule has 0 aromatic carbocycles. The lowest BCUT2D eigenvalue weighted by Gasteiger charge is -2.28. The minimum atomic E-state index is -3.43. The molecule has 1 aliphatic heterocycles. The predicted octanol–water partition coefficient (Wildman–Crippen LogP) is -1.94. The van der Waals surface area contributed by atoms with Crippen LogP contribution in [0.4, 0.5) is 0 Å². The molecule has 0 aromatic rings. The molecule has 14 heavy (non-hydrogen) atoms. The molecule has 0 aromatic heterocycles. The summed E-state index contributed by atoms with van der Waals surface area (Å²) < 4.78 is 25.7. The maximum Gasteiger partial charge on any atom is 0.281 e. The van der Waals surface area contributed by atoms with Crippen molar-refractivity contribution in [3.8, 4) is 0 Å². The maximum absolute atomic E-state index is 11.7. The minimum absolute atomic E-state index is 0.373. The van der Waals surface area contributed by atoms with Crippen molar-refractivity contribution in [3.63, 3.8) is 0 Å². The second-order valence-electron chi connectivity index (χ2n) is 3.60. The van der Waals surface area contributed by atoms with Crippen LogP contribution in [0.3, 0.4) is 0 Å². The average molecular weight is 223 g/mol. The molecule has 1 saturated heterocycles. The summed E-state index contributed by atoms with van der Waals surface area (Å²) >= 11 is 0. The Hall–Kier alpha value is -0.210. The van der Waals surface area contributed by atoms with E-state index >= 15 is 0 Å². The molecule has 0 amide bonds. The van der Waals surface area contributed by atoms with Gasteiger partial charge in [-0.15, -0.1) is 0 Å². The molecule has 84 valence electrons. The number of hydrogen-bond donors (Lipinski definition) is 2. The lowest BCUT2D eigenvalue weighted by molar-refractivity contribution is 0.134. The number of nitrogens with zero attached hydrogens (tertiary/aromatic N) is 2. The minimum Gasteiger partial charge on any atom is -0.390 e. The highest BCUT2D eigenvalue weighted by Gasteiger charge is 2.35. The van der Waals surface area contributed by atoms with Crippen LogP contribution in [0, 0.1) is 0 Å². The summed E-state index contributed by atoms with van der Waals surface area (Å²) in [6, 6.07) is -0.373. The van der Waals surface area contributed by atoms with E-state index in [0.717, 1.165) is 4.31 Å². The van der Waals surface area contributed by atoms with E-state index in [1.54, 1.807) is 0 Å². The standard InChI is InChI=1S/C7H17N3O3S/c1-9(2)14(12,13)10(3)6-4-8-5-7(6)11/h6-8,11H,4-5H2,1-3H3/t6-,7-/m1/s1. The van der Waals surface area contributed by atoms with Crippen LogP contribution in [0.15, 0.2) is 0 Å². The van der Waals surface area contributed by atoms with Gasteiger partial charge in [0.2, 0.25) is 0 Å². The third kappa shape index (κ3) is 2.06. The lowest BCUT2D eigenvalue weighted by Crippen LogP contribution is -2.48. The van der Waals surface area contributed by atoms with E-state index in [-0.39, 0.29) is 6.04 Å². The van der Waals surface area contributed by atoms with Crippen molar-refractivity contribution in [1.82, 2.24) is 13.9 Å². The van der Waals surface area contributed by atoms with Crippen LogP contribution in [0.2, 0.25) is 0 Å². The summed E-state index contributed by atoms with van der Waals surface area (Å²) in [7, 11) is 1.00. The monoisotopic (exact) mass is 223 g/mol. The van der Waals surface area contributed by atoms with Gasteiger partial charge in [-0.3, -0.25) is 0 Å². The molecule has 2 N–H and O–H groups in total. The number of rotatable bonds is 3. The Kier molecular flexibility index (Phi) is 3.49. The molecular formula is C7H17N3O3S. The van der Waals surface area contributed by atoms with Crippen molar-refractivity contribution in [2.45, 2.75) is 12.1 Å². The third-order valence-electron chi connectivity index (χ3n) is 2.44. The second-order valence-corrected chi connectivity index (χ2v) is 5.80. The molecule has 1 rings (SSSR count). The van der Waals surface area contributed by atoms with Gasteiger partial charge in [0.25, 0.3) is 10.2 Å². The van der Waals surface area contributed by atoms with E-state index in [2.05, 4.69) is 5.32 Å². The Morgan fingerprint density at radius 2 is 1.86 bits per heavy atom. The SMILES string of the molecule is CN(C)S(=O)(=O)N(C)[C@@H]1CNC[C@H]1O. The first-order valence-electron chi connectivity index (χ1n) is 4.41. The summed E-state index contributed by atoms with van der Waals surface area (Å²) in [6.07, 6.45) is -0.630. The van der Waals surface area contributed by atoms with Crippen molar-refractivity contribution in [2.75, 3.05) is 34.2 Å². The molecule has 0 saturated carbocycles. The van der Waals surface area contributed by atoms with Crippen LogP contribution in [0.25, 0.3) is 0 Å². The van der Waals surface area contributed by atoms with Crippen molar-refractivity contribution in [1.29, 1.82) is 0 Å². The first-order valence-corrected chi connectivity index (χ1v) is 5.81. The highest BCUT2D eigenvalue weighted by molar-refractivity contribution is 7.86. The largest absolute Gasteiger partial charge is 0.390 e. The van der Waals surface area contributed by atoms with Gasteiger partial charge < -0.3 is 10.4 Å². The van der Waals surface area contributed by atoms with Crippen LogP contribution < -0.4 is 5.32 Å². The number of aliphatic hydroxyl groups is 1. The molecule has 7 heteroatoms. The van der Waals surface area contributed by atoms with Gasteiger partial charge in [-0.1, -0.05) is 0 Å². The summed E-state index contributed by atoms with van der Waals surface area (Å²) in [5, 5.41) is 12.5. The van der Waals surface area contributed by atoms with E-state index in [1.165, 1.54) is 25.4 Å². The Bertz CT molecular complexity index is 291. The van der Waals surface area contributed by atoms with E-state index in [0.29, 0.717) is 13.1 Å². The number of likely N-dealkylation sites (N-methyl/N-ethyl adjacent to an activating group) is 1. The van der Waals surface area contributed by atoms with E-state index in [1.807, 2.05) is 0 Å². The molecule has 1 heterocycles. The van der Waals surface area contributed by atoms with Gasteiger partial charge in [0, 0.05) is 34.2 Å². The Balaban J connectivity index is 2.79. The lowest BCUT2D eigenvalue weighted by atomic mass is 10.2. The molecule has 1 fully saturated rings. The van der Waals surface area contributed by atoms with Crippen LogP contribution in [0.1, 0.15) is 0 Å². The van der Waals surface area contributed by atoms with Crippen molar-refractivity contribution in [3.05, 3.63) is 0 Å². The highest BCUT2D eigenvalue weighted by atomic mass is 32.2. The zero-order valence-corrected chi connectivity index (χ0v) is 9.45. The van der Waals surface area contributed by atoms with E-state index < -0.39 is 16.3 Å². The fourth-order valence-corrected chi connectivity index (χ4v) is 2.52. The molecule has 0 bridgehead atoms. The first kappa shape index (κ1) is 11.9. The first-order chi connectivity index (χ1) is 6.37. The smallest absolute Gasteiger partial charge is 0.281 e. The number of β-amino-alcohol motifs (C(OH)–C–C–N with tert-alkyl or cyclic N) is 1. The van der Waals surface area contributed by atoms with Gasteiger partial charge in [-0.2, -0.15) is 17.0 Å². The fourth-order valence-electron chi connectivity index (χ4n) is 1.45. The molecule has 2 atom stereocenters. The summed E-state index contributed by atoms with van der Waals surface area (Å²) in [4.78, 5) is 0. The number of aliphatic hydroxyl groups excluding tert-OH is 1. The number of nitrogens with one attached hydrogen (secondary N) is 1. The topological polar surface area (TPSA) is 72.9 Å². The maximum atomic E-state index is 11.7. The molecule has 0 spiro atoms. The van der Waals surface area contributed by atoms with E-state index in [9.17, 15) is 13.5 Å². The molecule has 0 radical (unpaired) electrons. The fraction of sp³-hybridized carbons (Fsp3) is 1.00. The van der Waals surface area contributed by atoms with Crippen molar-refractivity contribution >= 4 is 10.2 Å². The number of hydrogen-bond acceptors (Lipinski definition) is 4. The van der Waals surface area contributed by atoms with Crippen molar-refractivity contribution in [2.24, 2.45) is 0 Å². The van der Waals surface area contributed by atoms with Crippen LogP contribution in [0.5, 0.6) is 0 Å². The van der Waals surface area contributed by atoms with Gasteiger partial charge in [-0.05, 0) is 0 Å². The third-order valence-corrected chi connectivity index (χ3v) is 4.37. The molecule has 6 nitrogen and oxygen atoms in total. The van der Waals surface area contributed by atoms with Gasteiger partial charge in [-0.25, -0.2) is 0 Å². The molecular weight excluding hydrogens is 206 g/mol. The quantitative estimate of drug-likeness (QED) is 0.584. The Morgan fingerprint density at radius 3 is 2.21 bits per heavy atom. The zero-order valence-electron chi connectivity index (χ0n) is 8.64. The van der Waals surface area contributed by atoms with Crippen LogP contribution >= 0.6 is 0 Å². The second kappa shape index (κ2) is 4.11. The predicted molar refractivity (Wildman–Crippen MR) is 53.0 cm³/mol. The van der Waals surface area contributed by atoms with Gasteiger partial charge in [0.05, 0.1) is 12.1 Å². The summed E-state index contributed by atoms with van der Waals surface area (Å²) in [5.41, 5.74) is 0. The van der Waals surface area contributed by atoms with Crippen LogP contribution in [-0.2, 0) is 10.2 Å². The zero-order chi connectivity index (χ0) is 10.9. The molecule has 0 unspecified atom stereocenters. The molecule has 1 aliphatic rings. The summed E-state index contributed by atoms with van der Waals surface area (Å²) in [6.45, 7) is 0.933. The van der Waals surface area contributed by atoms with Crippen molar-refractivity contribution < 1.29 is 13.5 Å². The molecule has 0 aliphatic carbocycles. The Morgan fingerprint density at radius 1 is 1.29 bits per heavy atom. The van der Waals surface area contributed by atoms with Crippen LogP contribution in [-0.4, -0.2) is 68.5 Å². The highest BCUT2D eigenvalue weighted by Crippen LogP contribution is 2.12. The van der Waals surface area contributed by atoms with Gasteiger partial charge in [0.1, 0.15) is 0 Å². The van der Waals surface area contributed by atoms with Gasteiger partial charge >= 0.3 is 0 Å². The van der Waals surface area contributed by atoms with Gasteiger partial charge in [0.15, 0.2) is 0 Å². The summed E-state index contributed by atoms with van der Waals surface area (Å²) in [5.74, 6) is 0. The average Bonchev–Trinajstić information content (AvgIpc) is 2.49.